The van der Waals surface area contributed by atoms with E-state index >= 15 is 0 Å². The smallest absolute Gasteiger partial charge is 1.00 e. The first-order chi connectivity index (χ1) is 9.51. The van der Waals surface area contributed by atoms with Crippen molar-refractivity contribution in [2.75, 3.05) is 0 Å². The average Bonchev–Trinajstić information content (AvgIpc) is 2.95. The van der Waals surface area contributed by atoms with Gasteiger partial charge in [0.1, 0.15) is 0 Å². The molecule has 2 aliphatic rings. The molecule has 2 rings (SSSR count). The molecule has 0 aliphatic heterocycles. The largest absolute Gasteiger partial charge is 1.00 e. The van der Waals surface area contributed by atoms with Gasteiger partial charge in [0.15, 0.2) is 0 Å². The normalized spacial score (nSPS) is 22.4. The van der Waals surface area contributed by atoms with E-state index in [2.05, 4.69) is 65.1 Å². The first-order valence-corrected chi connectivity index (χ1v) is 14.4. The van der Waals surface area contributed by atoms with E-state index in [-0.39, 0.29) is 31.0 Å². The van der Waals surface area contributed by atoms with Gasteiger partial charge in [0.25, 0.3) is 0 Å². The van der Waals surface area contributed by atoms with Crippen molar-refractivity contribution in [1.82, 2.24) is 0 Å². The Hall–Kier alpha value is 0.471. The third-order valence-corrected chi connectivity index (χ3v) is 16.6. The van der Waals surface area contributed by atoms with E-state index in [1.165, 1.54) is 12.8 Å². The number of halogens is 2. The third-order valence-electron chi connectivity index (χ3n) is 4.58. The van der Waals surface area contributed by atoms with Crippen LogP contribution in [0.4, 0.5) is 0 Å². The van der Waals surface area contributed by atoms with E-state index in [0.717, 1.165) is 0 Å². The Bertz CT molecular complexity index is 520. The van der Waals surface area contributed by atoms with Gasteiger partial charge < -0.3 is 24.8 Å². The van der Waals surface area contributed by atoms with Crippen molar-refractivity contribution in [1.29, 1.82) is 0 Å². The molecule has 4 heteroatoms. The van der Waals surface area contributed by atoms with Crippen LogP contribution in [0.25, 0.3) is 0 Å². The van der Waals surface area contributed by atoms with Crippen LogP contribution in [0.1, 0.15) is 40.5 Å². The summed E-state index contributed by atoms with van der Waals surface area (Å²) in [6.07, 6.45) is 12.0. The van der Waals surface area contributed by atoms with Gasteiger partial charge >= 0.3 is 131 Å². The van der Waals surface area contributed by atoms with Crippen LogP contribution in [0.2, 0.25) is 13.1 Å². The Kier molecular flexibility index (Phi) is 9.90. The van der Waals surface area contributed by atoms with Gasteiger partial charge in [0.2, 0.25) is 0 Å². The van der Waals surface area contributed by atoms with Crippen LogP contribution in [-0.4, -0.2) is 6.19 Å². The van der Waals surface area contributed by atoms with E-state index in [1.807, 2.05) is 7.76 Å². The molecule has 0 saturated heterocycles. The molecule has 0 spiro atoms. The van der Waals surface area contributed by atoms with Crippen molar-refractivity contribution in [3.8, 4) is 0 Å². The van der Waals surface area contributed by atoms with Crippen LogP contribution in [0.5, 0.6) is 0 Å². The Morgan fingerprint density at radius 3 is 1.50 bits per heavy atom. The Morgan fingerprint density at radius 2 is 1.23 bits per heavy atom. The average molecular weight is 391 g/mol. The summed E-state index contributed by atoms with van der Waals surface area (Å²) in [7, 11) is 0. The number of hydrogen-bond donors (Lipinski definition) is 0. The summed E-state index contributed by atoms with van der Waals surface area (Å²) in [4.78, 5) is 0. The topological polar surface area (TPSA) is 0 Å². The number of rotatable bonds is 4. The van der Waals surface area contributed by atoms with Gasteiger partial charge in [0.05, 0.1) is 0 Å². The predicted octanol–water partition coefficient (Wildman–Crippen LogP) is -0.396. The second kappa shape index (κ2) is 9.69. The Balaban J connectivity index is 0.00000220. The van der Waals surface area contributed by atoms with Crippen molar-refractivity contribution in [2.24, 2.45) is 11.8 Å². The van der Waals surface area contributed by atoms with Crippen LogP contribution in [-0.2, 0) is 16.6 Å². The van der Waals surface area contributed by atoms with Gasteiger partial charge in [-0.15, -0.1) is 0 Å². The molecular formula is C18H28Cl2SiTi. The Morgan fingerprint density at radius 1 is 0.864 bits per heavy atom. The fraction of sp³-hybridized carbons (Fsp3) is 0.556. The van der Waals surface area contributed by atoms with E-state index in [9.17, 15) is 0 Å². The molecule has 0 saturated carbocycles. The summed E-state index contributed by atoms with van der Waals surface area (Å²) in [5.41, 5.74) is 3.36. The van der Waals surface area contributed by atoms with Crippen molar-refractivity contribution in [3.63, 3.8) is 0 Å². The molecule has 0 fully saturated rings. The van der Waals surface area contributed by atoms with Crippen LogP contribution in [0.3, 0.4) is 0 Å². The van der Waals surface area contributed by atoms with Gasteiger partial charge in [-0.2, -0.15) is 0 Å². The molecule has 22 heavy (non-hydrogen) atoms. The minimum atomic E-state index is -1.28. The maximum absolute atomic E-state index is 2.57. The van der Waals surface area contributed by atoms with Crippen molar-refractivity contribution in [2.45, 2.75) is 53.6 Å². The summed E-state index contributed by atoms with van der Waals surface area (Å²) in [5.74, 6) is 1.41. The van der Waals surface area contributed by atoms with Crippen molar-refractivity contribution >= 4 is 6.19 Å². The summed E-state index contributed by atoms with van der Waals surface area (Å²) in [6.45, 7) is 14.6. The van der Waals surface area contributed by atoms with E-state index < -0.39 is 16.6 Å². The van der Waals surface area contributed by atoms with Crippen LogP contribution < -0.4 is 24.8 Å². The molecule has 0 radical (unpaired) electrons. The summed E-state index contributed by atoms with van der Waals surface area (Å²) < 4.78 is 3.81. The monoisotopic (exact) mass is 390 g/mol. The summed E-state index contributed by atoms with van der Waals surface area (Å²) >= 11 is -1.28. The van der Waals surface area contributed by atoms with Gasteiger partial charge in [0, 0.05) is 0 Å². The van der Waals surface area contributed by atoms with E-state index in [0.29, 0.717) is 11.8 Å². The zero-order chi connectivity index (χ0) is 14.9. The van der Waals surface area contributed by atoms with Crippen LogP contribution in [0, 0.1) is 11.8 Å². The van der Waals surface area contributed by atoms with Gasteiger partial charge in [-0.1, -0.05) is 0 Å². The van der Waals surface area contributed by atoms with Crippen LogP contribution >= 0.6 is 0 Å². The van der Waals surface area contributed by atoms with Crippen LogP contribution in [0.15, 0.2) is 43.2 Å². The molecule has 2 atom stereocenters. The fourth-order valence-electron chi connectivity index (χ4n) is 3.55. The quantitative estimate of drug-likeness (QED) is 0.573. The van der Waals surface area contributed by atoms with Crippen molar-refractivity contribution < 1.29 is 41.4 Å². The maximum Gasteiger partial charge on any atom is -1.00 e. The number of hydrogen-bond acceptors (Lipinski definition) is 0. The maximum atomic E-state index is 2.57. The second-order valence-corrected chi connectivity index (χ2v) is 17.9. The SMILES string of the molecule is CCC1=[C]([Ti+2]([C]2=C(CC)C=CC2C)=[Si](C)C)C(C)C=C1.[Cl-].[Cl-]. The molecule has 0 bridgehead atoms. The molecule has 0 aromatic rings. The summed E-state index contributed by atoms with van der Waals surface area (Å²) in [5, 5.41) is 0. The van der Waals surface area contributed by atoms with Gasteiger partial charge in [-0.25, -0.2) is 0 Å². The molecule has 0 aromatic carbocycles. The molecular weight excluding hydrogens is 363 g/mol. The van der Waals surface area contributed by atoms with Gasteiger partial charge in [-0.3, -0.25) is 0 Å². The minimum Gasteiger partial charge on any atom is -1.00 e. The molecule has 2 aliphatic carbocycles. The molecule has 122 valence electrons. The minimum absolute atomic E-state index is 0. The number of allylic oxidation sites excluding steroid dienone is 8. The molecule has 2 unspecified atom stereocenters. The molecule has 0 N–H and O–H groups in total. The molecule has 0 aromatic heterocycles. The predicted molar refractivity (Wildman–Crippen MR) is 88.7 cm³/mol. The molecule has 0 amide bonds. The molecule has 0 heterocycles. The standard InChI is InChI=1S/2C8H11.C2H6Si.2ClH.Ti/c2*1-3-8-5-4-7(2)6-8;1-3-2;;;/h2*4-5,7H,3H2,1-2H3;1-2H3;2*1H;/q;;;;;+2/p-2. The molecule has 0 nitrogen and oxygen atoms in total. The van der Waals surface area contributed by atoms with Gasteiger partial charge in [-0.05, 0) is 0 Å². The second-order valence-electron chi connectivity index (χ2n) is 6.26. The summed E-state index contributed by atoms with van der Waals surface area (Å²) in [6, 6.07) is 0. The van der Waals surface area contributed by atoms with E-state index in [1.54, 1.807) is 11.1 Å². The Labute approximate surface area is 155 Å². The first-order valence-electron chi connectivity index (χ1n) is 8.01. The zero-order valence-electron chi connectivity index (χ0n) is 14.6. The third kappa shape index (κ3) is 4.30. The fourth-order valence-corrected chi connectivity index (χ4v) is 16.9. The van der Waals surface area contributed by atoms with Crippen molar-refractivity contribution in [3.05, 3.63) is 43.2 Å². The zero-order valence-corrected chi connectivity index (χ0v) is 18.7. The van der Waals surface area contributed by atoms with E-state index in [4.69, 9.17) is 0 Å². The first kappa shape index (κ1) is 22.5.